The number of benzene rings is 1. The summed E-state index contributed by atoms with van der Waals surface area (Å²) in [6.45, 7) is 2.37. The topological polar surface area (TPSA) is 63.4 Å². The lowest BCUT2D eigenvalue weighted by molar-refractivity contribution is 0.430. The van der Waals surface area contributed by atoms with E-state index < -0.39 is 10.0 Å². The number of sulfonamides is 1. The Hall–Kier alpha value is -1.51. The summed E-state index contributed by atoms with van der Waals surface area (Å²) in [5.41, 5.74) is 6.82. The molecule has 0 bridgehead atoms. The number of rotatable bonds is 5. The third-order valence-corrected chi connectivity index (χ3v) is 5.21. The number of anilines is 1. The van der Waals surface area contributed by atoms with Gasteiger partial charge in [-0.3, -0.25) is 0 Å². The van der Waals surface area contributed by atoms with Gasteiger partial charge in [-0.25, -0.2) is 8.42 Å². The number of hydrogen-bond acceptors (Lipinski definition) is 3. The average molecular weight is 278 g/mol. The van der Waals surface area contributed by atoms with Gasteiger partial charge in [0.25, 0.3) is 0 Å². The van der Waals surface area contributed by atoms with Gasteiger partial charge in [0, 0.05) is 12.2 Å². The van der Waals surface area contributed by atoms with Gasteiger partial charge >= 0.3 is 0 Å². The van der Waals surface area contributed by atoms with Gasteiger partial charge in [-0.2, -0.15) is 4.31 Å². The molecular formula is C14H18N2O2S. The van der Waals surface area contributed by atoms with E-state index in [1.165, 1.54) is 10.4 Å². The molecule has 1 aromatic carbocycles. The highest BCUT2D eigenvalue weighted by Gasteiger charge is 2.32. The standard InChI is InChI=1S/C14H18N2O2S/c1-3-8-16(10-12-5-6-12)19(17,18)14-9-13(15)7-4-11(14)2/h1,4,7,9,12H,5-6,8,10,15H2,2H3. The minimum atomic E-state index is -3.56. The highest BCUT2D eigenvalue weighted by atomic mass is 32.2. The first-order chi connectivity index (χ1) is 8.95. The minimum absolute atomic E-state index is 0.104. The van der Waals surface area contributed by atoms with Crippen molar-refractivity contribution in [1.82, 2.24) is 4.31 Å². The lowest BCUT2D eigenvalue weighted by Gasteiger charge is -2.21. The van der Waals surface area contributed by atoms with Crippen LogP contribution in [0.4, 0.5) is 5.69 Å². The van der Waals surface area contributed by atoms with Crippen LogP contribution < -0.4 is 5.73 Å². The molecular weight excluding hydrogens is 260 g/mol. The summed E-state index contributed by atoms with van der Waals surface area (Å²) >= 11 is 0. The van der Waals surface area contributed by atoms with Crippen molar-refractivity contribution < 1.29 is 8.42 Å². The molecule has 0 aromatic heterocycles. The fourth-order valence-electron chi connectivity index (χ4n) is 1.97. The molecule has 0 unspecified atom stereocenters. The van der Waals surface area contributed by atoms with Gasteiger partial charge in [-0.15, -0.1) is 6.42 Å². The van der Waals surface area contributed by atoms with Crippen LogP contribution in [0, 0.1) is 25.2 Å². The molecule has 1 saturated carbocycles. The summed E-state index contributed by atoms with van der Waals surface area (Å²) in [6, 6.07) is 4.91. The number of nitrogens with zero attached hydrogens (tertiary/aromatic N) is 1. The Bertz CT molecular complexity index is 613. The first kappa shape index (κ1) is 13.9. The van der Waals surface area contributed by atoms with Crippen molar-refractivity contribution in [2.45, 2.75) is 24.7 Å². The molecule has 1 fully saturated rings. The first-order valence-corrected chi connectivity index (χ1v) is 7.69. The Balaban J connectivity index is 2.37. The zero-order valence-corrected chi connectivity index (χ0v) is 11.8. The molecule has 2 rings (SSSR count). The van der Waals surface area contributed by atoms with Gasteiger partial charge in [-0.1, -0.05) is 12.0 Å². The van der Waals surface area contributed by atoms with Crippen LogP contribution in [0.15, 0.2) is 23.1 Å². The number of nitrogens with two attached hydrogens (primary N) is 1. The van der Waals surface area contributed by atoms with E-state index in [2.05, 4.69) is 5.92 Å². The lowest BCUT2D eigenvalue weighted by atomic mass is 10.2. The highest BCUT2D eigenvalue weighted by molar-refractivity contribution is 7.89. The van der Waals surface area contributed by atoms with Crippen molar-refractivity contribution in [1.29, 1.82) is 0 Å². The Morgan fingerprint density at radius 1 is 1.47 bits per heavy atom. The van der Waals surface area contributed by atoms with Crippen LogP contribution in [0.2, 0.25) is 0 Å². The molecule has 102 valence electrons. The van der Waals surface area contributed by atoms with E-state index >= 15 is 0 Å². The molecule has 1 aliphatic rings. The molecule has 0 radical (unpaired) electrons. The van der Waals surface area contributed by atoms with Crippen LogP contribution in [0.5, 0.6) is 0 Å². The first-order valence-electron chi connectivity index (χ1n) is 6.25. The summed E-state index contributed by atoms with van der Waals surface area (Å²) < 4.78 is 26.6. The van der Waals surface area contributed by atoms with Gasteiger partial charge < -0.3 is 5.73 Å². The molecule has 0 saturated heterocycles. The van der Waals surface area contributed by atoms with Crippen molar-refractivity contribution in [3.05, 3.63) is 23.8 Å². The molecule has 2 N–H and O–H groups in total. The van der Waals surface area contributed by atoms with Crippen LogP contribution >= 0.6 is 0 Å². The predicted molar refractivity (Wildman–Crippen MR) is 75.9 cm³/mol. The Kier molecular flexibility index (Phi) is 3.83. The van der Waals surface area contributed by atoms with Crippen molar-refractivity contribution in [2.24, 2.45) is 5.92 Å². The van der Waals surface area contributed by atoms with Gasteiger partial charge in [0.05, 0.1) is 11.4 Å². The molecule has 19 heavy (non-hydrogen) atoms. The van der Waals surface area contributed by atoms with E-state index in [0.717, 1.165) is 12.8 Å². The average Bonchev–Trinajstić information content (AvgIpc) is 3.15. The monoisotopic (exact) mass is 278 g/mol. The Morgan fingerprint density at radius 3 is 2.74 bits per heavy atom. The maximum atomic E-state index is 12.6. The molecule has 0 aliphatic heterocycles. The molecule has 0 spiro atoms. The fourth-order valence-corrected chi connectivity index (χ4v) is 3.66. The van der Waals surface area contributed by atoms with Crippen molar-refractivity contribution >= 4 is 15.7 Å². The lowest BCUT2D eigenvalue weighted by Crippen LogP contribution is -2.33. The van der Waals surface area contributed by atoms with Gasteiger partial charge in [0.1, 0.15) is 0 Å². The molecule has 5 heteroatoms. The second kappa shape index (κ2) is 5.24. The largest absolute Gasteiger partial charge is 0.399 e. The van der Waals surface area contributed by atoms with E-state index in [1.54, 1.807) is 19.1 Å². The van der Waals surface area contributed by atoms with Gasteiger partial charge in [-0.05, 0) is 43.4 Å². The van der Waals surface area contributed by atoms with Crippen molar-refractivity contribution in [3.63, 3.8) is 0 Å². The van der Waals surface area contributed by atoms with Crippen molar-refractivity contribution in [3.8, 4) is 12.3 Å². The number of nitrogen functional groups attached to an aromatic ring is 1. The van der Waals surface area contributed by atoms with Gasteiger partial charge in [0.2, 0.25) is 10.0 Å². The van der Waals surface area contributed by atoms with Crippen LogP contribution in [0.3, 0.4) is 0 Å². The Morgan fingerprint density at radius 2 is 2.16 bits per heavy atom. The third-order valence-electron chi connectivity index (χ3n) is 3.26. The number of aryl methyl sites for hydroxylation is 1. The van der Waals surface area contributed by atoms with Crippen LogP contribution in [0.25, 0.3) is 0 Å². The maximum Gasteiger partial charge on any atom is 0.244 e. The Labute approximate surface area is 114 Å². The normalized spacial score (nSPS) is 15.4. The molecule has 1 aliphatic carbocycles. The second-order valence-electron chi connectivity index (χ2n) is 4.97. The fraction of sp³-hybridized carbons (Fsp3) is 0.429. The van der Waals surface area contributed by atoms with E-state index in [4.69, 9.17) is 12.2 Å². The quantitative estimate of drug-likeness (QED) is 0.657. The van der Waals surface area contributed by atoms with Crippen LogP contribution in [0.1, 0.15) is 18.4 Å². The van der Waals surface area contributed by atoms with Crippen molar-refractivity contribution in [2.75, 3.05) is 18.8 Å². The highest BCUT2D eigenvalue weighted by Crippen LogP contribution is 2.32. The predicted octanol–water partition coefficient (Wildman–Crippen LogP) is 1.61. The summed E-state index contributed by atoms with van der Waals surface area (Å²) in [7, 11) is -3.56. The van der Waals surface area contributed by atoms with Gasteiger partial charge in [0.15, 0.2) is 0 Å². The smallest absolute Gasteiger partial charge is 0.244 e. The summed E-state index contributed by atoms with van der Waals surface area (Å²) in [6.07, 6.45) is 7.44. The molecule has 4 nitrogen and oxygen atoms in total. The van der Waals surface area contributed by atoms with Crippen LogP contribution in [-0.2, 0) is 10.0 Å². The molecule has 0 heterocycles. The second-order valence-corrected chi connectivity index (χ2v) is 6.88. The summed E-state index contributed by atoms with van der Waals surface area (Å²) in [5.74, 6) is 2.87. The number of hydrogen-bond donors (Lipinski definition) is 1. The van der Waals surface area contributed by atoms with E-state index in [-0.39, 0.29) is 11.4 Å². The minimum Gasteiger partial charge on any atom is -0.399 e. The van der Waals surface area contributed by atoms with E-state index in [0.29, 0.717) is 23.7 Å². The number of terminal acetylenes is 1. The van der Waals surface area contributed by atoms with E-state index in [1.807, 2.05) is 0 Å². The maximum absolute atomic E-state index is 12.6. The zero-order valence-electron chi connectivity index (χ0n) is 11.0. The zero-order chi connectivity index (χ0) is 14.0. The third kappa shape index (κ3) is 3.09. The summed E-state index contributed by atoms with van der Waals surface area (Å²) in [4.78, 5) is 0.253. The molecule has 0 atom stereocenters. The van der Waals surface area contributed by atoms with Crippen LogP contribution in [-0.4, -0.2) is 25.8 Å². The SMILES string of the molecule is C#CCN(CC1CC1)S(=O)(=O)c1cc(N)ccc1C. The van der Waals surface area contributed by atoms with E-state index in [9.17, 15) is 8.42 Å². The molecule has 1 aromatic rings. The molecule has 0 amide bonds. The summed E-state index contributed by atoms with van der Waals surface area (Å²) in [5, 5.41) is 0.